The van der Waals surface area contributed by atoms with E-state index in [-0.39, 0.29) is 12.3 Å². The summed E-state index contributed by atoms with van der Waals surface area (Å²) in [5.41, 5.74) is 1.19. The Kier molecular flexibility index (Phi) is 5.78. The van der Waals surface area contributed by atoms with Crippen LogP contribution >= 0.6 is 0 Å². The van der Waals surface area contributed by atoms with Gasteiger partial charge >= 0.3 is 5.97 Å². The highest BCUT2D eigenvalue weighted by molar-refractivity contribution is 5.76. The lowest BCUT2D eigenvalue weighted by Gasteiger charge is -2.32. The third kappa shape index (κ3) is 5.21. The Labute approximate surface area is 125 Å². The van der Waals surface area contributed by atoms with E-state index >= 15 is 0 Å². The lowest BCUT2D eigenvalue weighted by atomic mass is 9.93. The van der Waals surface area contributed by atoms with Gasteiger partial charge in [-0.2, -0.15) is 0 Å². The average Bonchev–Trinajstić information content (AvgIpc) is 2.52. The predicted molar refractivity (Wildman–Crippen MR) is 80.9 cm³/mol. The van der Waals surface area contributed by atoms with Crippen molar-refractivity contribution < 1.29 is 14.7 Å². The van der Waals surface area contributed by atoms with Crippen LogP contribution in [0.2, 0.25) is 0 Å². The minimum atomic E-state index is -0.748. The first-order valence-corrected chi connectivity index (χ1v) is 7.68. The van der Waals surface area contributed by atoms with Crippen LogP contribution in [0, 0.1) is 5.92 Å². The minimum Gasteiger partial charge on any atom is -0.481 e. The molecule has 4 nitrogen and oxygen atoms in total. The number of aryl methyl sites for hydroxylation is 1. The second kappa shape index (κ2) is 7.81. The van der Waals surface area contributed by atoms with Gasteiger partial charge in [0.25, 0.3) is 0 Å². The molecule has 1 amide bonds. The van der Waals surface area contributed by atoms with Crippen LogP contribution in [-0.2, 0) is 16.0 Å². The van der Waals surface area contributed by atoms with Crippen molar-refractivity contribution in [3.63, 3.8) is 0 Å². The molecule has 1 fully saturated rings. The summed E-state index contributed by atoms with van der Waals surface area (Å²) in [4.78, 5) is 24.8. The Morgan fingerprint density at radius 3 is 2.67 bits per heavy atom. The summed E-state index contributed by atoms with van der Waals surface area (Å²) < 4.78 is 0. The molecule has 0 aliphatic carbocycles. The molecule has 114 valence electrons. The fourth-order valence-electron chi connectivity index (χ4n) is 2.91. The van der Waals surface area contributed by atoms with Crippen molar-refractivity contribution in [1.29, 1.82) is 0 Å². The van der Waals surface area contributed by atoms with E-state index in [0.29, 0.717) is 18.8 Å². The zero-order valence-corrected chi connectivity index (χ0v) is 12.3. The SMILES string of the molecule is O=C(O)CCC1CCCN(C(=O)CCc2ccccc2)C1. The third-order valence-corrected chi connectivity index (χ3v) is 4.11. The Balaban J connectivity index is 1.77. The van der Waals surface area contributed by atoms with Crippen molar-refractivity contribution in [2.24, 2.45) is 5.92 Å². The van der Waals surface area contributed by atoms with E-state index < -0.39 is 5.97 Å². The first kappa shape index (κ1) is 15.5. The van der Waals surface area contributed by atoms with Crippen molar-refractivity contribution >= 4 is 11.9 Å². The van der Waals surface area contributed by atoms with Gasteiger partial charge in [-0.05, 0) is 37.2 Å². The topological polar surface area (TPSA) is 57.6 Å². The molecule has 1 N–H and O–H groups in total. The second-order valence-corrected chi connectivity index (χ2v) is 5.77. The zero-order valence-electron chi connectivity index (χ0n) is 12.3. The minimum absolute atomic E-state index is 0.193. The maximum atomic E-state index is 12.3. The number of hydrogen-bond acceptors (Lipinski definition) is 2. The summed E-state index contributed by atoms with van der Waals surface area (Å²) in [7, 11) is 0. The van der Waals surface area contributed by atoms with Crippen LogP contribution in [0.4, 0.5) is 0 Å². The quantitative estimate of drug-likeness (QED) is 0.876. The van der Waals surface area contributed by atoms with E-state index in [1.807, 2.05) is 35.2 Å². The number of aliphatic carboxylic acids is 1. The van der Waals surface area contributed by atoms with Crippen LogP contribution in [-0.4, -0.2) is 35.0 Å². The van der Waals surface area contributed by atoms with Crippen LogP contribution < -0.4 is 0 Å². The van der Waals surface area contributed by atoms with Crippen LogP contribution in [0.25, 0.3) is 0 Å². The number of rotatable bonds is 6. The molecule has 1 unspecified atom stereocenters. The van der Waals surface area contributed by atoms with Gasteiger partial charge in [0.15, 0.2) is 0 Å². The van der Waals surface area contributed by atoms with Gasteiger partial charge in [-0.3, -0.25) is 9.59 Å². The number of benzene rings is 1. The molecule has 1 aromatic rings. The highest BCUT2D eigenvalue weighted by Crippen LogP contribution is 2.21. The molecule has 1 aromatic carbocycles. The third-order valence-electron chi connectivity index (χ3n) is 4.11. The van der Waals surface area contributed by atoms with Crippen LogP contribution in [0.3, 0.4) is 0 Å². The Morgan fingerprint density at radius 2 is 1.95 bits per heavy atom. The Bertz CT molecular complexity index is 472. The van der Waals surface area contributed by atoms with Gasteiger partial charge in [-0.15, -0.1) is 0 Å². The molecule has 0 radical (unpaired) electrons. The lowest BCUT2D eigenvalue weighted by molar-refractivity contribution is -0.137. The van der Waals surface area contributed by atoms with E-state index in [9.17, 15) is 9.59 Å². The average molecular weight is 289 g/mol. The summed E-state index contributed by atoms with van der Waals surface area (Å²) in [5.74, 6) is -0.211. The van der Waals surface area contributed by atoms with E-state index in [1.165, 1.54) is 5.56 Å². The fraction of sp³-hybridized carbons (Fsp3) is 0.529. The van der Waals surface area contributed by atoms with Crippen molar-refractivity contribution in [3.05, 3.63) is 35.9 Å². The van der Waals surface area contributed by atoms with E-state index in [0.717, 1.165) is 32.4 Å². The molecule has 2 rings (SSSR count). The molecule has 1 heterocycles. The molecule has 0 spiro atoms. The largest absolute Gasteiger partial charge is 0.481 e. The van der Waals surface area contributed by atoms with E-state index in [2.05, 4.69) is 0 Å². The Hall–Kier alpha value is -1.84. The molecule has 0 bridgehead atoms. The van der Waals surface area contributed by atoms with Crippen molar-refractivity contribution in [2.45, 2.75) is 38.5 Å². The van der Waals surface area contributed by atoms with Gasteiger partial charge in [-0.1, -0.05) is 30.3 Å². The molecule has 21 heavy (non-hydrogen) atoms. The maximum absolute atomic E-state index is 12.3. The first-order valence-electron chi connectivity index (χ1n) is 7.68. The molecular weight excluding hydrogens is 266 g/mol. The van der Waals surface area contributed by atoms with Crippen LogP contribution in [0.15, 0.2) is 30.3 Å². The number of nitrogens with zero attached hydrogens (tertiary/aromatic N) is 1. The number of carbonyl (C=O) groups excluding carboxylic acids is 1. The van der Waals surface area contributed by atoms with Gasteiger partial charge in [0, 0.05) is 25.9 Å². The molecule has 4 heteroatoms. The standard InChI is InChI=1S/C17H23NO3/c19-16(10-8-14-5-2-1-3-6-14)18-12-4-7-15(13-18)9-11-17(20)21/h1-3,5-6,15H,4,7-13H2,(H,20,21). The number of amides is 1. The normalized spacial score (nSPS) is 18.5. The van der Waals surface area contributed by atoms with Crippen LogP contribution in [0.1, 0.15) is 37.7 Å². The van der Waals surface area contributed by atoms with Gasteiger partial charge in [-0.25, -0.2) is 0 Å². The fourth-order valence-corrected chi connectivity index (χ4v) is 2.91. The molecule has 0 saturated carbocycles. The zero-order chi connectivity index (χ0) is 15.1. The summed E-state index contributed by atoms with van der Waals surface area (Å²) in [6.07, 6.45) is 4.22. The molecule has 0 aromatic heterocycles. The lowest BCUT2D eigenvalue weighted by Crippen LogP contribution is -2.40. The van der Waals surface area contributed by atoms with Crippen molar-refractivity contribution in [1.82, 2.24) is 4.90 Å². The predicted octanol–water partition coefficient (Wildman–Crippen LogP) is 2.72. The summed E-state index contributed by atoms with van der Waals surface area (Å²) in [5, 5.41) is 8.75. The highest BCUT2D eigenvalue weighted by Gasteiger charge is 2.23. The van der Waals surface area contributed by atoms with Gasteiger partial charge in [0.2, 0.25) is 5.91 Å². The second-order valence-electron chi connectivity index (χ2n) is 5.77. The number of carbonyl (C=O) groups is 2. The number of likely N-dealkylation sites (tertiary alicyclic amines) is 1. The molecular formula is C17H23NO3. The van der Waals surface area contributed by atoms with E-state index in [4.69, 9.17) is 5.11 Å². The van der Waals surface area contributed by atoms with Crippen LogP contribution in [0.5, 0.6) is 0 Å². The van der Waals surface area contributed by atoms with Gasteiger partial charge in [0.1, 0.15) is 0 Å². The summed E-state index contributed by atoms with van der Waals surface area (Å²) in [6, 6.07) is 10.0. The number of piperidine rings is 1. The van der Waals surface area contributed by atoms with Crippen molar-refractivity contribution in [2.75, 3.05) is 13.1 Å². The van der Waals surface area contributed by atoms with Gasteiger partial charge in [0.05, 0.1) is 0 Å². The molecule has 1 saturated heterocycles. The maximum Gasteiger partial charge on any atom is 0.303 e. The molecule has 1 aliphatic heterocycles. The summed E-state index contributed by atoms with van der Waals surface area (Å²) >= 11 is 0. The monoisotopic (exact) mass is 289 g/mol. The molecule has 1 atom stereocenters. The summed E-state index contributed by atoms with van der Waals surface area (Å²) in [6.45, 7) is 1.54. The molecule has 1 aliphatic rings. The number of carboxylic acids is 1. The smallest absolute Gasteiger partial charge is 0.303 e. The Morgan fingerprint density at radius 1 is 1.19 bits per heavy atom. The highest BCUT2D eigenvalue weighted by atomic mass is 16.4. The van der Waals surface area contributed by atoms with Crippen molar-refractivity contribution in [3.8, 4) is 0 Å². The first-order chi connectivity index (χ1) is 10.1. The number of carboxylic acid groups (broad SMARTS) is 1. The number of hydrogen-bond donors (Lipinski definition) is 1. The van der Waals surface area contributed by atoms with Gasteiger partial charge < -0.3 is 10.0 Å². The van der Waals surface area contributed by atoms with E-state index in [1.54, 1.807) is 0 Å².